The summed E-state index contributed by atoms with van der Waals surface area (Å²) in [5.74, 6) is -4.52. The first kappa shape index (κ1) is 20.4. The fraction of sp³-hybridized carbons (Fsp3) is 0.947. The molecule has 136 valence electrons. The Kier molecular flexibility index (Phi) is 10.5. The zero-order valence-electron chi connectivity index (χ0n) is 14.5. The van der Waals surface area contributed by atoms with Crippen LogP contribution in [0.3, 0.4) is 0 Å². The monoisotopic (exact) mass is 332 g/mol. The third-order valence-electron chi connectivity index (χ3n) is 5.14. The minimum atomic E-state index is -3.54. The van der Waals surface area contributed by atoms with Crippen molar-refractivity contribution in [2.45, 2.75) is 109 Å². The Bertz CT molecular complexity index is 312. The summed E-state index contributed by atoms with van der Waals surface area (Å²) < 4.78 is 25.6. The van der Waals surface area contributed by atoms with E-state index in [1.807, 2.05) is 0 Å². The van der Waals surface area contributed by atoms with Crippen molar-refractivity contribution in [1.82, 2.24) is 0 Å². The van der Waals surface area contributed by atoms with Crippen LogP contribution in [0.4, 0.5) is 8.78 Å². The third kappa shape index (κ3) is 9.93. The van der Waals surface area contributed by atoms with E-state index in [4.69, 9.17) is 5.11 Å². The molecule has 0 radical (unpaired) electrons. The summed E-state index contributed by atoms with van der Waals surface area (Å²) in [7, 11) is 0. The van der Waals surface area contributed by atoms with Gasteiger partial charge in [-0.15, -0.1) is 0 Å². The van der Waals surface area contributed by atoms with Crippen molar-refractivity contribution in [1.29, 1.82) is 0 Å². The molecule has 1 rings (SSSR count). The van der Waals surface area contributed by atoms with Crippen LogP contribution >= 0.6 is 0 Å². The van der Waals surface area contributed by atoms with Gasteiger partial charge in [0.15, 0.2) is 0 Å². The molecule has 0 saturated heterocycles. The molecular weight excluding hydrogens is 298 g/mol. The molecule has 0 aromatic rings. The van der Waals surface area contributed by atoms with Crippen LogP contribution in [0.25, 0.3) is 0 Å². The molecule has 0 spiro atoms. The van der Waals surface area contributed by atoms with Gasteiger partial charge in [0, 0.05) is 6.42 Å². The minimum absolute atomic E-state index is 0.306. The van der Waals surface area contributed by atoms with Gasteiger partial charge in [-0.3, -0.25) is 0 Å². The highest BCUT2D eigenvalue weighted by molar-refractivity contribution is 5.75. The average Bonchev–Trinajstić information content (AvgIpc) is 3.01. The average molecular weight is 332 g/mol. The van der Waals surface area contributed by atoms with E-state index >= 15 is 0 Å². The predicted octanol–water partition coefficient (Wildman–Crippen LogP) is 6.58. The molecule has 1 aliphatic rings. The number of carboxylic acid groups (broad SMARTS) is 1. The van der Waals surface area contributed by atoms with E-state index in [0.29, 0.717) is 12.8 Å². The second-order valence-corrected chi connectivity index (χ2v) is 7.23. The van der Waals surface area contributed by atoms with Crippen molar-refractivity contribution in [2.75, 3.05) is 0 Å². The Hall–Kier alpha value is -0.670. The maximum absolute atomic E-state index is 12.8. The van der Waals surface area contributed by atoms with Crippen molar-refractivity contribution < 1.29 is 18.7 Å². The number of aliphatic carboxylic acids is 1. The van der Waals surface area contributed by atoms with E-state index in [9.17, 15) is 13.6 Å². The maximum atomic E-state index is 12.8. The number of unbranched alkanes of at least 4 members (excludes halogenated alkanes) is 9. The minimum Gasteiger partial charge on any atom is -0.477 e. The van der Waals surface area contributed by atoms with Gasteiger partial charge in [0.1, 0.15) is 0 Å². The molecule has 0 unspecified atom stereocenters. The fourth-order valence-electron chi connectivity index (χ4n) is 3.60. The van der Waals surface area contributed by atoms with Gasteiger partial charge < -0.3 is 5.11 Å². The van der Waals surface area contributed by atoms with Gasteiger partial charge in [0.2, 0.25) is 0 Å². The summed E-state index contributed by atoms with van der Waals surface area (Å²) in [6.07, 6.45) is 17.6. The normalized spacial score (nSPS) is 16.1. The molecule has 1 saturated carbocycles. The van der Waals surface area contributed by atoms with Crippen molar-refractivity contribution in [3.05, 3.63) is 0 Å². The molecule has 0 bridgehead atoms. The molecule has 0 heterocycles. The van der Waals surface area contributed by atoms with Gasteiger partial charge in [-0.2, -0.15) is 8.78 Å². The number of carboxylic acids is 1. The Morgan fingerprint density at radius 3 is 1.74 bits per heavy atom. The zero-order chi connectivity index (χ0) is 17.0. The van der Waals surface area contributed by atoms with Gasteiger partial charge in [-0.05, 0) is 12.3 Å². The molecule has 1 aliphatic carbocycles. The van der Waals surface area contributed by atoms with Crippen molar-refractivity contribution in [3.8, 4) is 0 Å². The zero-order valence-corrected chi connectivity index (χ0v) is 14.5. The number of alkyl halides is 2. The molecule has 0 atom stereocenters. The molecule has 2 nitrogen and oxygen atoms in total. The van der Waals surface area contributed by atoms with Gasteiger partial charge in [-0.25, -0.2) is 4.79 Å². The smallest absolute Gasteiger partial charge is 0.374 e. The molecule has 1 fully saturated rings. The lowest BCUT2D eigenvalue weighted by molar-refractivity contribution is -0.165. The van der Waals surface area contributed by atoms with Crippen LogP contribution in [-0.2, 0) is 4.79 Å². The first-order chi connectivity index (χ1) is 11.0. The lowest BCUT2D eigenvalue weighted by atomic mass is 9.99. The first-order valence-corrected chi connectivity index (χ1v) is 9.63. The van der Waals surface area contributed by atoms with E-state index in [1.165, 1.54) is 70.6 Å². The fourth-order valence-corrected chi connectivity index (χ4v) is 3.60. The molecule has 1 N–H and O–H groups in total. The Morgan fingerprint density at radius 1 is 0.826 bits per heavy atom. The lowest BCUT2D eigenvalue weighted by Gasteiger charge is -2.10. The van der Waals surface area contributed by atoms with E-state index in [1.54, 1.807) is 0 Å². The van der Waals surface area contributed by atoms with Crippen molar-refractivity contribution >= 4 is 5.97 Å². The van der Waals surface area contributed by atoms with Crippen molar-refractivity contribution in [2.24, 2.45) is 5.92 Å². The summed E-state index contributed by atoms with van der Waals surface area (Å²) in [4.78, 5) is 10.3. The molecule has 23 heavy (non-hydrogen) atoms. The number of hydrogen-bond acceptors (Lipinski definition) is 1. The lowest BCUT2D eigenvalue weighted by Crippen LogP contribution is -2.27. The summed E-state index contributed by atoms with van der Waals surface area (Å²) >= 11 is 0. The largest absolute Gasteiger partial charge is 0.477 e. The molecule has 4 heteroatoms. The number of halogens is 2. The van der Waals surface area contributed by atoms with Crippen LogP contribution < -0.4 is 0 Å². The second kappa shape index (κ2) is 11.8. The Morgan fingerprint density at radius 2 is 1.26 bits per heavy atom. The highest BCUT2D eigenvalue weighted by Crippen LogP contribution is 2.29. The summed E-state index contributed by atoms with van der Waals surface area (Å²) in [6, 6.07) is 0. The van der Waals surface area contributed by atoms with Gasteiger partial charge in [0.25, 0.3) is 0 Å². The molecule has 0 aliphatic heterocycles. The van der Waals surface area contributed by atoms with Crippen LogP contribution in [0.15, 0.2) is 0 Å². The second-order valence-electron chi connectivity index (χ2n) is 7.23. The quantitative estimate of drug-likeness (QED) is 0.365. The summed E-state index contributed by atoms with van der Waals surface area (Å²) in [6.45, 7) is 0. The molecule has 0 amide bonds. The number of rotatable bonds is 14. The van der Waals surface area contributed by atoms with Crippen molar-refractivity contribution in [3.63, 3.8) is 0 Å². The number of hydrogen-bond donors (Lipinski definition) is 1. The number of carbonyl (C=O) groups is 1. The Labute approximate surface area is 140 Å². The molecular formula is C19H34F2O2. The van der Waals surface area contributed by atoms with E-state index in [0.717, 1.165) is 18.8 Å². The third-order valence-corrected chi connectivity index (χ3v) is 5.14. The molecule has 0 aromatic heterocycles. The highest BCUT2D eigenvalue weighted by atomic mass is 19.3. The van der Waals surface area contributed by atoms with Gasteiger partial charge in [0.05, 0.1) is 0 Å². The van der Waals surface area contributed by atoms with Crippen LogP contribution in [0, 0.1) is 5.92 Å². The summed E-state index contributed by atoms with van der Waals surface area (Å²) in [5, 5.41) is 8.31. The van der Waals surface area contributed by atoms with Crippen LogP contribution in [0.2, 0.25) is 0 Å². The molecule has 0 aromatic carbocycles. The first-order valence-electron chi connectivity index (χ1n) is 9.63. The van der Waals surface area contributed by atoms with Crippen LogP contribution in [0.5, 0.6) is 0 Å². The van der Waals surface area contributed by atoms with Crippen LogP contribution in [-0.4, -0.2) is 17.0 Å². The Balaban J connectivity index is 1.77. The van der Waals surface area contributed by atoms with E-state index in [2.05, 4.69) is 0 Å². The van der Waals surface area contributed by atoms with Crippen LogP contribution in [0.1, 0.15) is 103 Å². The predicted molar refractivity (Wildman–Crippen MR) is 89.9 cm³/mol. The standard InChI is InChI=1S/C19H34F2O2/c20-19(21,18(22)23)16-12-8-6-4-2-1-3-5-7-9-13-17-14-10-11-15-17/h17H,1-16H2,(H,22,23). The summed E-state index contributed by atoms with van der Waals surface area (Å²) in [5.41, 5.74) is 0. The van der Waals surface area contributed by atoms with Gasteiger partial charge in [-0.1, -0.05) is 89.9 Å². The van der Waals surface area contributed by atoms with Gasteiger partial charge >= 0.3 is 11.9 Å². The maximum Gasteiger partial charge on any atom is 0.374 e. The SMILES string of the molecule is O=C(O)C(F)(F)CCCCCCCCCCCCC1CCCC1. The van der Waals surface area contributed by atoms with E-state index < -0.39 is 18.3 Å². The van der Waals surface area contributed by atoms with E-state index in [-0.39, 0.29) is 0 Å². The highest BCUT2D eigenvalue weighted by Gasteiger charge is 2.37. The topological polar surface area (TPSA) is 37.3 Å².